The molecule has 5 nitrogen and oxygen atoms in total. The van der Waals surface area contributed by atoms with Crippen molar-refractivity contribution in [3.63, 3.8) is 0 Å². The number of hydrogen-bond donors (Lipinski definition) is 2. The molecule has 1 aromatic heterocycles. The summed E-state index contributed by atoms with van der Waals surface area (Å²) in [4.78, 5) is 14.9. The van der Waals surface area contributed by atoms with E-state index in [0.717, 1.165) is 11.6 Å². The molecule has 2 aromatic carbocycles. The molecule has 0 aliphatic carbocycles. The first-order chi connectivity index (χ1) is 12.3. The fraction of sp³-hybridized carbons (Fsp3) is 0.0556. The summed E-state index contributed by atoms with van der Waals surface area (Å²) in [6, 6.07) is 8.20. The molecule has 0 spiro atoms. The summed E-state index contributed by atoms with van der Waals surface area (Å²) < 4.78 is 40.0. The number of H-pyrrole nitrogens is 1. The minimum absolute atomic E-state index is 0.125. The molecule has 134 valence electrons. The lowest BCUT2D eigenvalue weighted by Gasteiger charge is -2.05. The first-order valence-electron chi connectivity index (χ1n) is 7.54. The lowest BCUT2D eigenvalue weighted by Crippen LogP contribution is -2.28. The van der Waals surface area contributed by atoms with Crippen molar-refractivity contribution >= 4 is 44.5 Å². The average Bonchev–Trinajstić information content (AvgIpc) is 2.93. The molecule has 26 heavy (non-hydrogen) atoms. The van der Waals surface area contributed by atoms with Crippen molar-refractivity contribution in [2.75, 3.05) is 0 Å². The van der Waals surface area contributed by atoms with Crippen molar-refractivity contribution < 1.29 is 17.6 Å². The van der Waals surface area contributed by atoms with E-state index in [1.165, 1.54) is 42.5 Å². The summed E-state index contributed by atoms with van der Waals surface area (Å²) in [6.45, 7) is 1.83. The summed E-state index contributed by atoms with van der Waals surface area (Å²) in [5.41, 5.74) is 1.95. The van der Waals surface area contributed by atoms with Crippen molar-refractivity contribution in [3.8, 4) is 0 Å². The smallest absolute Gasteiger partial charge is 0.264 e. The Kier molecular flexibility index (Phi) is 4.84. The van der Waals surface area contributed by atoms with Crippen LogP contribution in [0.4, 0.5) is 4.39 Å². The zero-order chi connectivity index (χ0) is 18.9. The molecule has 0 saturated carbocycles. The third kappa shape index (κ3) is 3.79. The van der Waals surface area contributed by atoms with Gasteiger partial charge in [-0.15, -0.1) is 0 Å². The average molecular weight is 393 g/mol. The molecule has 0 saturated heterocycles. The molecular weight excluding hydrogens is 379 g/mol. The Morgan fingerprint density at radius 1 is 1.27 bits per heavy atom. The number of aromatic nitrogens is 1. The number of nitrogens with one attached hydrogen (secondary N) is 2. The van der Waals surface area contributed by atoms with Crippen molar-refractivity contribution in [2.24, 2.45) is 0 Å². The molecule has 1 amide bonds. The van der Waals surface area contributed by atoms with Crippen molar-refractivity contribution in [2.45, 2.75) is 11.8 Å². The van der Waals surface area contributed by atoms with Crippen LogP contribution in [0.5, 0.6) is 0 Å². The Morgan fingerprint density at radius 2 is 2.04 bits per heavy atom. The van der Waals surface area contributed by atoms with E-state index in [-0.39, 0.29) is 9.92 Å². The lowest BCUT2D eigenvalue weighted by atomic mass is 10.1. The summed E-state index contributed by atoms with van der Waals surface area (Å²) in [7, 11) is -4.05. The summed E-state index contributed by atoms with van der Waals surface area (Å²) in [5, 5.41) is 0.928. The van der Waals surface area contributed by atoms with E-state index in [2.05, 4.69) is 4.98 Å². The van der Waals surface area contributed by atoms with Crippen LogP contribution in [0.25, 0.3) is 17.0 Å². The van der Waals surface area contributed by atoms with E-state index in [4.69, 9.17) is 11.6 Å². The molecule has 0 unspecified atom stereocenters. The zero-order valence-electron chi connectivity index (χ0n) is 13.6. The van der Waals surface area contributed by atoms with Crippen molar-refractivity contribution in [1.82, 2.24) is 9.71 Å². The normalized spacial score (nSPS) is 12.0. The number of rotatable bonds is 4. The van der Waals surface area contributed by atoms with Crippen LogP contribution in [0.15, 0.2) is 53.6 Å². The van der Waals surface area contributed by atoms with E-state index < -0.39 is 21.7 Å². The molecule has 0 bridgehead atoms. The van der Waals surface area contributed by atoms with Gasteiger partial charge in [-0.2, -0.15) is 0 Å². The van der Waals surface area contributed by atoms with Gasteiger partial charge in [0.15, 0.2) is 0 Å². The monoisotopic (exact) mass is 392 g/mol. The zero-order valence-corrected chi connectivity index (χ0v) is 15.2. The second-order valence-electron chi connectivity index (χ2n) is 5.65. The molecule has 2 N–H and O–H groups in total. The lowest BCUT2D eigenvalue weighted by molar-refractivity contribution is -0.114. The van der Waals surface area contributed by atoms with Crippen LogP contribution in [-0.4, -0.2) is 19.3 Å². The van der Waals surface area contributed by atoms with E-state index in [1.807, 2.05) is 11.6 Å². The third-order valence-corrected chi connectivity index (χ3v) is 5.33. The highest BCUT2D eigenvalue weighted by atomic mass is 35.5. The molecule has 0 atom stereocenters. The Morgan fingerprint density at radius 3 is 2.77 bits per heavy atom. The van der Waals surface area contributed by atoms with Gasteiger partial charge in [0.25, 0.3) is 15.9 Å². The summed E-state index contributed by atoms with van der Waals surface area (Å²) in [5.74, 6) is -1.31. The number of aryl methyl sites for hydroxylation is 1. The minimum atomic E-state index is -4.05. The number of sulfonamides is 1. The maximum atomic E-state index is 13.8. The van der Waals surface area contributed by atoms with Crippen LogP contribution >= 0.6 is 11.6 Å². The van der Waals surface area contributed by atoms with Crippen LogP contribution in [0.1, 0.15) is 11.1 Å². The van der Waals surface area contributed by atoms with Crippen LogP contribution in [0.2, 0.25) is 5.02 Å². The van der Waals surface area contributed by atoms with Gasteiger partial charge in [-0.25, -0.2) is 17.5 Å². The highest BCUT2D eigenvalue weighted by molar-refractivity contribution is 7.90. The molecule has 0 radical (unpaired) electrons. The van der Waals surface area contributed by atoms with Gasteiger partial charge in [0.05, 0.1) is 10.4 Å². The van der Waals surface area contributed by atoms with E-state index >= 15 is 0 Å². The molecule has 8 heteroatoms. The Hall–Kier alpha value is -2.64. The van der Waals surface area contributed by atoms with Crippen molar-refractivity contribution in [1.29, 1.82) is 0 Å². The highest BCUT2D eigenvalue weighted by Crippen LogP contribution is 2.24. The minimum Gasteiger partial charge on any atom is -0.360 e. The highest BCUT2D eigenvalue weighted by Gasteiger charge is 2.16. The number of fused-ring (bicyclic) bond motifs is 1. The van der Waals surface area contributed by atoms with Crippen LogP contribution in [0, 0.1) is 12.7 Å². The molecule has 1 heterocycles. The standard InChI is InChI=1S/C18H14ClFN2O3S/c1-11-10-21-18-12(7-14(20)9-16(11)18)5-6-17(23)22-26(24,25)15-4-2-3-13(19)8-15/h2-10,21H,1H3,(H,22,23)/b6-5+. The van der Waals surface area contributed by atoms with Gasteiger partial charge < -0.3 is 4.98 Å². The number of amides is 1. The summed E-state index contributed by atoms with van der Waals surface area (Å²) in [6.07, 6.45) is 4.11. The largest absolute Gasteiger partial charge is 0.360 e. The van der Waals surface area contributed by atoms with Crippen LogP contribution < -0.4 is 4.72 Å². The van der Waals surface area contributed by atoms with Gasteiger partial charge >= 0.3 is 0 Å². The molecule has 3 aromatic rings. The Balaban J connectivity index is 1.84. The Bertz CT molecular complexity index is 1140. The third-order valence-electron chi connectivity index (χ3n) is 3.75. The second kappa shape index (κ2) is 6.93. The summed E-state index contributed by atoms with van der Waals surface area (Å²) >= 11 is 5.77. The second-order valence-corrected chi connectivity index (χ2v) is 7.77. The van der Waals surface area contributed by atoms with Gasteiger partial charge in [0.1, 0.15) is 5.82 Å². The van der Waals surface area contributed by atoms with Gasteiger partial charge in [0.2, 0.25) is 0 Å². The van der Waals surface area contributed by atoms with Crippen LogP contribution in [-0.2, 0) is 14.8 Å². The maximum Gasteiger partial charge on any atom is 0.264 e. The molecular formula is C18H14ClFN2O3S. The first-order valence-corrected chi connectivity index (χ1v) is 9.40. The van der Waals surface area contributed by atoms with E-state index in [1.54, 1.807) is 6.20 Å². The number of benzene rings is 2. The van der Waals surface area contributed by atoms with Gasteiger partial charge in [-0.1, -0.05) is 17.7 Å². The van der Waals surface area contributed by atoms with Gasteiger partial charge in [-0.3, -0.25) is 4.79 Å². The van der Waals surface area contributed by atoms with Gasteiger partial charge in [-0.05, 0) is 48.9 Å². The quantitative estimate of drug-likeness (QED) is 0.663. The molecule has 0 aliphatic rings. The SMILES string of the molecule is Cc1c[nH]c2c(/C=C/C(=O)NS(=O)(=O)c3cccc(Cl)c3)cc(F)cc12. The van der Waals surface area contributed by atoms with Gasteiger partial charge in [0, 0.05) is 28.2 Å². The number of aromatic amines is 1. The molecule has 0 aliphatic heterocycles. The Labute approximate surface area is 154 Å². The fourth-order valence-corrected chi connectivity index (χ4v) is 3.76. The maximum absolute atomic E-state index is 13.8. The predicted molar refractivity (Wildman–Crippen MR) is 98.8 cm³/mol. The molecule has 3 rings (SSSR count). The van der Waals surface area contributed by atoms with Crippen molar-refractivity contribution in [3.05, 3.63) is 70.6 Å². The van der Waals surface area contributed by atoms with E-state index in [0.29, 0.717) is 16.5 Å². The number of carbonyl (C=O) groups excluding carboxylic acids is 1. The number of halogens is 2. The number of hydrogen-bond acceptors (Lipinski definition) is 3. The number of carbonyl (C=O) groups is 1. The molecule has 0 fully saturated rings. The van der Waals surface area contributed by atoms with Crippen LogP contribution in [0.3, 0.4) is 0 Å². The predicted octanol–water partition coefficient (Wildman–Crippen LogP) is 3.79. The topological polar surface area (TPSA) is 79.0 Å². The fourth-order valence-electron chi connectivity index (χ4n) is 2.51. The first kappa shape index (κ1) is 18.2. The van der Waals surface area contributed by atoms with E-state index in [9.17, 15) is 17.6 Å².